The van der Waals surface area contributed by atoms with Crippen LogP contribution < -0.4 is 0 Å². The van der Waals surface area contributed by atoms with Gasteiger partial charge < -0.3 is 9.84 Å². The summed E-state index contributed by atoms with van der Waals surface area (Å²) in [4.78, 5) is 23.2. The van der Waals surface area contributed by atoms with Gasteiger partial charge in [-0.05, 0) is 5.56 Å². The lowest BCUT2D eigenvalue weighted by Crippen LogP contribution is -2.46. The average Bonchev–Trinajstić information content (AvgIpc) is 2.46. The molecule has 0 aliphatic heterocycles. The molecule has 4 heteroatoms. The topological polar surface area (TPSA) is 63.6 Å². The Hall–Kier alpha value is -1.94. The maximum Gasteiger partial charge on any atom is 0.346 e. The van der Waals surface area contributed by atoms with E-state index in [4.69, 9.17) is 0 Å². The molecule has 0 fully saturated rings. The fourth-order valence-corrected chi connectivity index (χ4v) is 1.70. The van der Waals surface area contributed by atoms with Crippen molar-refractivity contribution in [2.75, 3.05) is 7.11 Å². The zero-order valence-electron chi connectivity index (χ0n) is 11.1. The molecule has 0 saturated heterocycles. The lowest BCUT2D eigenvalue weighted by atomic mass is 9.92. The van der Waals surface area contributed by atoms with Gasteiger partial charge >= 0.3 is 5.97 Å². The summed E-state index contributed by atoms with van der Waals surface area (Å²) in [6.45, 7) is 1.59. The summed E-state index contributed by atoms with van der Waals surface area (Å²) in [7, 11) is 1.15. The van der Waals surface area contributed by atoms with Crippen molar-refractivity contribution in [3.05, 3.63) is 42.0 Å². The molecule has 0 unspecified atom stereocenters. The van der Waals surface area contributed by atoms with E-state index in [0.717, 1.165) is 12.7 Å². The number of ether oxygens (including phenoxy) is 1. The van der Waals surface area contributed by atoms with Crippen molar-refractivity contribution in [2.24, 2.45) is 0 Å². The van der Waals surface area contributed by atoms with Crippen LogP contribution in [0.25, 0.3) is 6.08 Å². The zero-order chi connectivity index (χ0) is 14.3. The maximum atomic E-state index is 11.7. The van der Waals surface area contributed by atoms with Crippen molar-refractivity contribution in [2.45, 2.75) is 25.4 Å². The van der Waals surface area contributed by atoms with Crippen LogP contribution >= 0.6 is 0 Å². The minimum atomic E-state index is -2.09. The summed E-state index contributed by atoms with van der Waals surface area (Å²) in [5.41, 5.74) is -1.16. The monoisotopic (exact) mass is 262 g/mol. The van der Waals surface area contributed by atoms with Crippen molar-refractivity contribution in [3.8, 4) is 0 Å². The Morgan fingerprint density at radius 2 is 1.95 bits per heavy atom. The molecule has 1 rings (SSSR count). The van der Waals surface area contributed by atoms with Crippen molar-refractivity contribution >= 4 is 17.8 Å². The standard InChI is InChI=1S/C15H18O4/c1-3-13(16)15(18,14(17)19-2)11-7-10-12-8-5-4-6-9-12/h4-10,18H,3,11H2,1-2H3/b10-7+/t15-/m0/s1. The summed E-state index contributed by atoms with van der Waals surface area (Å²) in [6.07, 6.45) is 3.32. The van der Waals surface area contributed by atoms with E-state index in [9.17, 15) is 14.7 Å². The fourth-order valence-electron chi connectivity index (χ4n) is 1.70. The molecule has 1 N–H and O–H groups in total. The van der Waals surface area contributed by atoms with Crippen LogP contribution in [0.3, 0.4) is 0 Å². The van der Waals surface area contributed by atoms with E-state index in [1.54, 1.807) is 19.1 Å². The first-order valence-corrected chi connectivity index (χ1v) is 6.10. The van der Waals surface area contributed by atoms with Crippen LogP contribution in [-0.4, -0.2) is 29.6 Å². The molecule has 1 aromatic carbocycles. The van der Waals surface area contributed by atoms with Crippen LogP contribution in [0.2, 0.25) is 0 Å². The molecule has 0 aromatic heterocycles. The molecule has 0 amide bonds. The minimum absolute atomic E-state index is 0.0742. The lowest BCUT2D eigenvalue weighted by Gasteiger charge is -2.21. The van der Waals surface area contributed by atoms with E-state index >= 15 is 0 Å². The number of ketones is 1. The molecule has 0 radical (unpaired) electrons. The number of hydrogen-bond donors (Lipinski definition) is 1. The summed E-state index contributed by atoms with van der Waals surface area (Å²) >= 11 is 0. The minimum Gasteiger partial charge on any atom is -0.467 e. The van der Waals surface area contributed by atoms with Crippen molar-refractivity contribution in [1.82, 2.24) is 0 Å². The quantitative estimate of drug-likeness (QED) is 0.629. The molecule has 102 valence electrons. The van der Waals surface area contributed by atoms with E-state index in [1.807, 2.05) is 30.3 Å². The number of Topliss-reactive ketones (excluding diaryl/α,β-unsaturated/α-hetero) is 1. The largest absolute Gasteiger partial charge is 0.467 e. The Morgan fingerprint density at radius 3 is 2.47 bits per heavy atom. The number of hydrogen-bond acceptors (Lipinski definition) is 4. The molecule has 0 spiro atoms. The van der Waals surface area contributed by atoms with Crippen LogP contribution in [-0.2, 0) is 14.3 Å². The predicted molar refractivity (Wildman–Crippen MR) is 72.4 cm³/mol. The Bertz CT molecular complexity index is 446. The summed E-state index contributed by atoms with van der Waals surface area (Å²) < 4.78 is 4.50. The molecule has 1 aromatic rings. The van der Waals surface area contributed by atoms with Gasteiger partial charge in [0.05, 0.1) is 7.11 Å². The molecule has 1 atom stereocenters. The molecule has 19 heavy (non-hydrogen) atoms. The first-order chi connectivity index (χ1) is 9.04. The molecule has 4 nitrogen and oxygen atoms in total. The van der Waals surface area contributed by atoms with Gasteiger partial charge in [0.2, 0.25) is 5.60 Å². The Labute approximate surface area is 112 Å². The van der Waals surface area contributed by atoms with Gasteiger partial charge in [0.1, 0.15) is 0 Å². The predicted octanol–water partition coefficient (Wildman–Crippen LogP) is 1.97. The number of carbonyl (C=O) groups excluding carboxylic acids is 2. The molecular weight excluding hydrogens is 244 g/mol. The highest BCUT2D eigenvalue weighted by Gasteiger charge is 2.42. The molecular formula is C15H18O4. The van der Waals surface area contributed by atoms with E-state index < -0.39 is 17.4 Å². The lowest BCUT2D eigenvalue weighted by molar-refractivity contribution is -0.167. The van der Waals surface area contributed by atoms with Crippen LogP contribution in [0.15, 0.2) is 36.4 Å². The van der Waals surface area contributed by atoms with Gasteiger partial charge in [-0.25, -0.2) is 4.79 Å². The van der Waals surface area contributed by atoms with Crippen molar-refractivity contribution < 1.29 is 19.4 Å². The summed E-state index contributed by atoms with van der Waals surface area (Å²) in [5.74, 6) is -1.46. The highest BCUT2D eigenvalue weighted by molar-refractivity contribution is 6.07. The SMILES string of the molecule is CCC(=O)[C@@](O)(C/C=C/c1ccccc1)C(=O)OC. The molecule has 0 heterocycles. The molecule has 0 saturated carbocycles. The van der Waals surface area contributed by atoms with Gasteiger partial charge in [-0.15, -0.1) is 0 Å². The van der Waals surface area contributed by atoms with Gasteiger partial charge in [0, 0.05) is 12.8 Å². The van der Waals surface area contributed by atoms with Gasteiger partial charge in [0.25, 0.3) is 0 Å². The van der Waals surface area contributed by atoms with Crippen LogP contribution in [0.1, 0.15) is 25.3 Å². The highest BCUT2D eigenvalue weighted by Crippen LogP contribution is 2.18. The van der Waals surface area contributed by atoms with Crippen molar-refractivity contribution in [3.63, 3.8) is 0 Å². The third kappa shape index (κ3) is 3.76. The average molecular weight is 262 g/mol. The first-order valence-electron chi connectivity index (χ1n) is 6.10. The second-order valence-corrected chi connectivity index (χ2v) is 4.15. The number of methoxy groups -OCH3 is 1. The van der Waals surface area contributed by atoms with E-state index in [2.05, 4.69) is 4.74 Å². The summed E-state index contributed by atoms with van der Waals surface area (Å²) in [5, 5.41) is 10.2. The second-order valence-electron chi connectivity index (χ2n) is 4.15. The van der Waals surface area contributed by atoms with Crippen molar-refractivity contribution in [1.29, 1.82) is 0 Å². The number of carbonyl (C=O) groups is 2. The second kappa shape index (κ2) is 6.85. The number of aliphatic hydroxyl groups is 1. The highest BCUT2D eigenvalue weighted by atomic mass is 16.5. The van der Waals surface area contributed by atoms with Gasteiger partial charge in [0.15, 0.2) is 5.78 Å². The number of benzene rings is 1. The molecule has 0 aliphatic rings. The third-order valence-corrected chi connectivity index (χ3v) is 2.83. The number of esters is 1. The number of rotatable bonds is 6. The van der Waals surface area contributed by atoms with E-state index in [1.165, 1.54) is 0 Å². The Balaban J connectivity index is 2.82. The Kier molecular flexibility index (Phi) is 5.45. The summed E-state index contributed by atoms with van der Waals surface area (Å²) in [6, 6.07) is 9.42. The zero-order valence-corrected chi connectivity index (χ0v) is 11.1. The van der Waals surface area contributed by atoms with E-state index in [-0.39, 0.29) is 12.8 Å². The third-order valence-electron chi connectivity index (χ3n) is 2.83. The van der Waals surface area contributed by atoms with Crippen LogP contribution in [0, 0.1) is 0 Å². The van der Waals surface area contributed by atoms with E-state index in [0.29, 0.717) is 0 Å². The van der Waals surface area contributed by atoms with Gasteiger partial charge in [-0.3, -0.25) is 4.79 Å². The fraction of sp³-hybridized carbons (Fsp3) is 0.333. The maximum absolute atomic E-state index is 11.7. The molecule has 0 aliphatic carbocycles. The van der Waals surface area contributed by atoms with Gasteiger partial charge in [-0.2, -0.15) is 0 Å². The Morgan fingerprint density at radius 1 is 1.32 bits per heavy atom. The van der Waals surface area contributed by atoms with Crippen LogP contribution in [0.4, 0.5) is 0 Å². The van der Waals surface area contributed by atoms with Crippen LogP contribution in [0.5, 0.6) is 0 Å². The normalized spacial score (nSPS) is 14.1. The van der Waals surface area contributed by atoms with Gasteiger partial charge in [-0.1, -0.05) is 49.4 Å². The smallest absolute Gasteiger partial charge is 0.346 e. The first kappa shape index (κ1) is 15.1. The molecule has 0 bridgehead atoms.